The molecule has 3 rings (SSSR count). The van der Waals surface area contributed by atoms with Gasteiger partial charge in [-0.15, -0.1) is 10.2 Å². The lowest BCUT2D eigenvalue weighted by atomic mass is 10.2. The topological polar surface area (TPSA) is 72.4 Å². The van der Waals surface area contributed by atoms with Gasteiger partial charge in [0.15, 0.2) is 11.0 Å². The van der Waals surface area contributed by atoms with Gasteiger partial charge in [-0.05, 0) is 49.7 Å². The molecule has 1 amide bonds. The van der Waals surface area contributed by atoms with Crippen LogP contribution in [0.2, 0.25) is 10.2 Å². The highest BCUT2D eigenvalue weighted by Crippen LogP contribution is 2.27. The first-order valence-corrected chi connectivity index (χ1v) is 8.35. The highest BCUT2D eigenvalue weighted by atomic mass is 35.5. The molecule has 25 heavy (non-hydrogen) atoms. The van der Waals surface area contributed by atoms with Crippen molar-refractivity contribution in [1.29, 1.82) is 0 Å². The van der Waals surface area contributed by atoms with Gasteiger partial charge in [0.05, 0.1) is 17.1 Å². The van der Waals surface area contributed by atoms with Gasteiger partial charge < -0.3 is 13.7 Å². The number of aromatic nitrogens is 2. The van der Waals surface area contributed by atoms with Gasteiger partial charge in [0, 0.05) is 6.04 Å². The van der Waals surface area contributed by atoms with Crippen LogP contribution in [0.4, 0.5) is 0 Å². The van der Waals surface area contributed by atoms with E-state index in [9.17, 15) is 4.79 Å². The Labute approximate surface area is 154 Å². The van der Waals surface area contributed by atoms with E-state index in [0.717, 1.165) is 0 Å². The molecule has 130 valence electrons. The van der Waals surface area contributed by atoms with Gasteiger partial charge in [0.25, 0.3) is 5.91 Å². The summed E-state index contributed by atoms with van der Waals surface area (Å²) >= 11 is 11.9. The summed E-state index contributed by atoms with van der Waals surface area (Å²) in [5, 5.41) is 8.70. The summed E-state index contributed by atoms with van der Waals surface area (Å²) in [6.07, 6.45) is 0. The fourth-order valence-corrected chi connectivity index (χ4v) is 2.63. The van der Waals surface area contributed by atoms with E-state index in [4.69, 9.17) is 32.0 Å². The lowest BCUT2D eigenvalue weighted by molar-refractivity contribution is 0.0640. The summed E-state index contributed by atoms with van der Waals surface area (Å²) in [5.74, 6) is 0.455. The summed E-state index contributed by atoms with van der Waals surface area (Å²) in [5.41, 5.74) is 0.642. The van der Waals surface area contributed by atoms with Crippen molar-refractivity contribution in [3.05, 3.63) is 58.3 Å². The Hall–Kier alpha value is -2.31. The van der Waals surface area contributed by atoms with E-state index in [1.165, 1.54) is 12.1 Å². The number of hydrogen-bond donors (Lipinski definition) is 0. The van der Waals surface area contributed by atoms with Crippen LogP contribution in [0.25, 0.3) is 11.5 Å². The second-order valence-corrected chi connectivity index (χ2v) is 6.39. The summed E-state index contributed by atoms with van der Waals surface area (Å²) < 4.78 is 10.9. The fourth-order valence-electron chi connectivity index (χ4n) is 2.27. The van der Waals surface area contributed by atoms with Crippen LogP contribution in [0.5, 0.6) is 0 Å². The van der Waals surface area contributed by atoms with Gasteiger partial charge >= 0.3 is 0 Å². The molecule has 0 unspecified atom stereocenters. The standard InChI is InChI=1S/C17H15Cl2N3O3/c1-10(2)22(17(23)13-7-8-14(19)24-13)9-15-20-21-16(25-15)11-5-3-4-6-12(11)18/h3-8,10H,9H2,1-2H3. The summed E-state index contributed by atoms with van der Waals surface area (Å²) in [6.45, 7) is 3.91. The van der Waals surface area contributed by atoms with Gasteiger partial charge in [-0.25, -0.2) is 0 Å². The van der Waals surface area contributed by atoms with Crippen molar-refractivity contribution >= 4 is 29.1 Å². The zero-order chi connectivity index (χ0) is 18.0. The molecule has 1 aromatic carbocycles. The summed E-state index contributed by atoms with van der Waals surface area (Å²) in [6, 6.07) is 10.1. The quantitative estimate of drug-likeness (QED) is 0.642. The lowest BCUT2D eigenvalue weighted by Crippen LogP contribution is -2.36. The molecule has 0 radical (unpaired) electrons. The minimum atomic E-state index is -0.306. The number of carbonyl (C=O) groups excluding carboxylic acids is 1. The zero-order valence-electron chi connectivity index (χ0n) is 13.6. The van der Waals surface area contributed by atoms with Crippen LogP contribution in [-0.2, 0) is 6.54 Å². The minimum Gasteiger partial charge on any atom is -0.440 e. The van der Waals surface area contributed by atoms with Crippen LogP contribution in [-0.4, -0.2) is 27.0 Å². The predicted octanol–water partition coefficient (Wildman–Crippen LogP) is 4.69. The second-order valence-electron chi connectivity index (χ2n) is 5.61. The third kappa shape index (κ3) is 3.86. The molecule has 8 heteroatoms. The smallest absolute Gasteiger partial charge is 0.290 e. The molecule has 0 N–H and O–H groups in total. The molecule has 6 nitrogen and oxygen atoms in total. The zero-order valence-corrected chi connectivity index (χ0v) is 15.1. The van der Waals surface area contributed by atoms with Gasteiger partial charge in [-0.1, -0.05) is 23.7 Å². The van der Waals surface area contributed by atoms with Crippen molar-refractivity contribution in [2.45, 2.75) is 26.4 Å². The largest absolute Gasteiger partial charge is 0.440 e. The van der Waals surface area contributed by atoms with Crippen LogP contribution >= 0.6 is 23.2 Å². The minimum absolute atomic E-state index is 0.105. The average Bonchev–Trinajstić information content (AvgIpc) is 3.21. The molecular weight excluding hydrogens is 365 g/mol. The predicted molar refractivity (Wildman–Crippen MR) is 93.5 cm³/mol. The third-order valence-electron chi connectivity index (χ3n) is 3.54. The van der Waals surface area contributed by atoms with Crippen molar-refractivity contribution in [3.8, 4) is 11.5 Å². The Balaban J connectivity index is 1.82. The molecule has 0 aliphatic heterocycles. The number of hydrogen-bond acceptors (Lipinski definition) is 5. The Bertz CT molecular complexity index is 889. The second kappa shape index (κ2) is 7.29. The normalized spacial score (nSPS) is 11.1. The van der Waals surface area contributed by atoms with Crippen molar-refractivity contribution in [3.63, 3.8) is 0 Å². The number of rotatable bonds is 5. The van der Waals surface area contributed by atoms with E-state index in [-0.39, 0.29) is 29.5 Å². The SMILES string of the molecule is CC(C)N(Cc1nnc(-c2ccccc2Cl)o1)C(=O)c1ccc(Cl)o1. The molecule has 0 saturated heterocycles. The molecule has 0 aliphatic rings. The van der Waals surface area contributed by atoms with Crippen LogP contribution in [0.15, 0.2) is 45.2 Å². The Morgan fingerprint density at radius 2 is 1.88 bits per heavy atom. The number of halogens is 2. The number of carbonyl (C=O) groups is 1. The molecule has 0 saturated carbocycles. The molecule has 0 spiro atoms. The maximum Gasteiger partial charge on any atom is 0.290 e. The van der Waals surface area contributed by atoms with E-state index in [2.05, 4.69) is 10.2 Å². The molecule has 0 fully saturated rings. The van der Waals surface area contributed by atoms with E-state index in [0.29, 0.717) is 22.4 Å². The summed E-state index contributed by atoms with van der Waals surface area (Å²) in [7, 11) is 0. The molecular formula is C17H15Cl2N3O3. The fraction of sp³-hybridized carbons (Fsp3) is 0.235. The Morgan fingerprint density at radius 1 is 1.12 bits per heavy atom. The van der Waals surface area contributed by atoms with Crippen molar-refractivity contribution in [2.24, 2.45) is 0 Å². The van der Waals surface area contributed by atoms with Gasteiger partial charge in [-0.2, -0.15) is 0 Å². The monoisotopic (exact) mass is 379 g/mol. The van der Waals surface area contributed by atoms with E-state index in [1.807, 2.05) is 26.0 Å². The van der Waals surface area contributed by atoms with Gasteiger partial charge in [0.1, 0.15) is 0 Å². The molecule has 0 atom stereocenters. The van der Waals surface area contributed by atoms with Gasteiger partial charge in [0.2, 0.25) is 11.8 Å². The van der Waals surface area contributed by atoms with Crippen molar-refractivity contribution in [2.75, 3.05) is 0 Å². The first-order chi connectivity index (χ1) is 12.0. The Morgan fingerprint density at radius 3 is 2.52 bits per heavy atom. The molecule has 0 aliphatic carbocycles. The molecule has 0 bridgehead atoms. The number of amides is 1. The summed E-state index contributed by atoms with van der Waals surface area (Å²) in [4.78, 5) is 14.2. The number of nitrogens with zero attached hydrogens (tertiary/aromatic N) is 3. The maximum atomic E-state index is 12.6. The highest BCUT2D eigenvalue weighted by Gasteiger charge is 2.24. The van der Waals surface area contributed by atoms with Crippen LogP contribution < -0.4 is 0 Å². The highest BCUT2D eigenvalue weighted by molar-refractivity contribution is 6.33. The molecule has 2 heterocycles. The van der Waals surface area contributed by atoms with Crippen molar-refractivity contribution in [1.82, 2.24) is 15.1 Å². The third-order valence-corrected chi connectivity index (χ3v) is 4.08. The van der Waals surface area contributed by atoms with Gasteiger partial charge in [-0.3, -0.25) is 4.79 Å². The number of furan rings is 1. The molecule has 3 aromatic rings. The average molecular weight is 380 g/mol. The van der Waals surface area contributed by atoms with E-state index < -0.39 is 0 Å². The van der Waals surface area contributed by atoms with E-state index >= 15 is 0 Å². The number of benzene rings is 1. The van der Waals surface area contributed by atoms with Crippen LogP contribution in [0.3, 0.4) is 0 Å². The van der Waals surface area contributed by atoms with Crippen LogP contribution in [0, 0.1) is 0 Å². The van der Waals surface area contributed by atoms with E-state index in [1.54, 1.807) is 17.0 Å². The van der Waals surface area contributed by atoms with Crippen molar-refractivity contribution < 1.29 is 13.6 Å². The maximum absolute atomic E-state index is 12.6. The lowest BCUT2D eigenvalue weighted by Gasteiger charge is -2.23. The Kier molecular flexibility index (Phi) is 5.11. The first-order valence-electron chi connectivity index (χ1n) is 7.59. The molecule has 2 aromatic heterocycles. The first kappa shape index (κ1) is 17.5. The van der Waals surface area contributed by atoms with Crippen LogP contribution in [0.1, 0.15) is 30.3 Å².